The van der Waals surface area contributed by atoms with Crippen LogP contribution in [-0.4, -0.2) is 18.0 Å². The topological polar surface area (TPSA) is 68.3 Å². The zero-order valence-electron chi connectivity index (χ0n) is 9.37. The van der Waals surface area contributed by atoms with E-state index in [2.05, 4.69) is 21.2 Å². The largest absolute Gasteiger partial charge is 0.457 e. The second-order valence-corrected chi connectivity index (χ2v) is 5.07. The Kier molecular flexibility index (Phi) is 5.04. The second-order valence-electron chi connectivity index (χ2n) is 4.29. The van der Waals surface area contributed by atoms with Gasteiger partial charge in [-0.05, 0) is 28.8 Å². The summed E-state index contributed by atoms with van der Waals surface area (Å²) in [5, 5.41) is 3.03. The first-order chi connectivity index (χ1) is 7.65. The van der Waals surface area contributed by atoms with Gasteiger partial charge in [0.05, 0.1) is 11.1 Å². The van der Waals surface area contributed by atoms with Crippen LogP contribution in [0.15, 0.2) is 21.4 Å². The Morgan fingerprint density at radius 1 is 1.53 bits per heavy atom. The number of amides is 1. The maximum Gasteiger partial charge on any atom is 0.255 e. The molecule has 0 aliphatic heterocycles. The van der Waals surface area contributed by atoms with Crippen molar-refractivity contribution >= 4 is 34.2 Å². The summed E-state index contributed by atoms with van der Waals surface area (Å²) in [4.78, 5) is 11.9. The molecule has 0 saturated heterocycles. The van der Waals surface area contributed by atoms with Crippen LogP contribution < -0.4 is 11.1 Å². The molecule has 0 aromatic carbocycles. The van der Waals surface area contributed by atoms with E-state index in [9.17, 15) is 4.79 Å². The monoisotopic (exact) mass is 322 g/mol. The lowest BCUT2D eigenvalue weighted by molar-refractivity contribution is 0.0902. The van der Waals surface area contributed by atoms with Crippen molar-refractivity contribution in [3.63, 3.8) is 0 Å². The Balaban J connectivity index is 0.00000144. The Labute approximate surface area is 115 Å². The van der Waals surface area contributed by atoms with Gasteiger partial charge in [-0.2, -0.15) is 0 Å². The van der Waals surface area contributed by atoms with Gasteiger partial charge >= 0.3 is 0 Å². The number of halogens is 2. The van der Waals surface area contributed by atoms with E-state index in [0.717, 1.165) is 25.7 Å². The Bertz CT molecular complexity index is 389. The summed E-state index contributed by atoms with van der Waals surface area (Å²) in [5.74, 6) is -0.109. The van der Waals surface area contributed by atoms with Gasteiger partial charge in [0, 0.05) is 12.6 Å². The minimum Gasteiger partial charge on any atom is -0.457 e. The van der Waals surface area contributed by atoms with Crippen molar-refractivity contribution in [2.45, 2.75) is 31.2 Å². The molecule has 1 aromatic heterocycles. The molecule has 1 saturated carbocycles. The summed E-state index contributed by atoms with van der Waals surface area (Å²) >= 11 is 3.17. The van der Waals surface area contributed by atoms with Gasteiger partial charge in [-0.3, -0.25) is 4.79 Å². The molecular formula is C11H16BrClN2O2. The molecule has 4 nitrogen and oxygen atoms in total. The molecule has 0 radical (unpaired) electrons. The molecule has 3 N–H and O–H groups in total. The number of nitrogens with two attached hydrogens (primary N) is 1. The van der Waals surface area contributed by atoms with Crippen LogP contribution in [0.2, 0.25) is 0 Å². The van der Waals surface area contributed by atoms with Crippen LogP contribution in [0.4, 0.5) is 0 Å². The molecule has 2 rings (SSSR count). The van der Waals surface area contributed by atoms with Crippen LogP contribution in [0, 0.1) is 0 Å². The highest BCUT2D eigenvalue weighted by atomic mass is 79.9. The summed E-state index contributed by atoms with van der Waals surface area (Å²) < 4.78 is 5.60. The molecule has 0 spiro atoms. The van der Waals surface area contributed by atoms with Crippen LogP contribution in [-0.2, 0) is 0 Å². The average Bonchev–Trinajstić information content (AvgIpc) is 2.88. The number of carbonyl (C=O) groups excluding carboxylic acids is 1. The first kappa shape index (κ1) is 14.5. The van der Waals surface area contributed by atoms with Gasteiger partial charge in [0.2, 0.25) is 0 Å². The van der Waals surface area contributed by atoms with Crippen LogP contribution in [0.25, 0.3) is 0 Å². The molecule has 17 heavy (non-hydrogen) atoms. The maximum absolute atomic E-state index is 11.9. The quantitative estimate of drug-likeness (QED) is 0.898. The van der Waals surface area contributed by atoms with E-state index >= 15 is 0 Å². The van der Waals surface area contributed by atoms with E-state index in [-0.39, 0.29) is 23.9 Å². The fraction of sp³-hybridized carbons (Fsp3) is 0.545. The molecule has 1 aliphatic carbocycles. The molecule has 1 amide bonds. The number of carbonyl (C=O) groups is 1. The van der Waals surface area contributed by atoms with Crippen LogP contribution >= 0.6 is 28.3 Å². The standard InChI is InChI=1S/C11H15BrN2O2.ClH/c12-9-5-8(6-16-9)10(15)14-11(7-13)3-1-2-4-11;/h5-6H,1-4,7,13H2,(H,14,15);1H. The predicted molar refractivity (Wildman–Crippen MR) is 71.4 cm³/mol. The number of hydrogen-bond acceptors (Lipinski definition) is 3. The molecule has 1 aromatic rings. The molecule has 1 fully saturated rings. The van der Waals surface area contributed by atoms with E-state index in [1.54, 1.807) is 6.07 Å². The molecule has 0 bridgehead atoms. The fourth-order valence-corrected chi connectivity index (χ4v) is 2.51. The lowest BCUT2D eigenvalue weighted by Crippen LogP contribution is -2.51. The molecular weight excluding hydrogens is 307 g/mol. The van der Waals surface area contributed by atoms with Crippen molar-refractivity contribution in [1.82, 2.24) is 5.32 Å². The maximum atomic E-state index is 11.9. The van der Waals surface area contributed by atoms with Crippen LogP contribution in [0.5, 0.6) is 0 Å². The van der Waals surface area contributed by atoms with E-state index in [0.29, 0.717) is 16.8 Å². The summed E-state index contributed by atoms with van der Waals surface area (Å²) in [6, 6.07) is 1.66. The van der Waals surface area contributed by atoms with Gasteiger partial charge in [0.1, 0.15) is 6.26 Å². The van der Waals surface area contributed by atoms with Crippen molar-refractivity contribution in [2.75, 3.05) is 6.54 Å². The molecule has 0 atom stereocenters. The minimum absolute atomic E-state index is 0. The van der Waals surface area contributed by atoms with Crippen LogP contribution in [0.3, 0.4) is 0 Å². The summed E-state index contributed by atoms with van der Waals surface area (Å²) in [5.41, 5.74) is 6.08. The first-order valence-electron chi connectivity index (χ1n) is 5.42. The smallest absolute Gasteiger partial charge is 0.255 e. The fourth-order valence-electron chi connectivity index (χ4n) is 2.17. The van der Waals surface area contributed by atoms with Gasteiger partial charge < -0.3 is 15.5 Å². The average molecular weight is 324 g/mol. The lowest BCUT2D eigenvalue weighted by Gasteiger charge is -2.28. The molecule has 6 heteroatoms. The van der Waals surface area contributed by atoms with Crippen LogP contribution in [0.1, 0.15) is 36.0 Å². The van der Waals surface area contributed by atoms with Crippen molar-refractivity contribution in [3.05, 3.63) is 22.6 Å². The van der Waals surface area contributed by atoms with E-state index < -0.39 is 0 Å². The summed E-state index contributed by atoms with van der Waals surface area (Å²) in [6.07, 6.45) is 5.64. The molecule has 0 unspecified atom stereocenters. The predicted octanol–water partition coefficient (Wildman–Crippen LogP) is 2.47. The van der Waals surface area contributed by atoms with E-state index in [1.165, 1.54) is 6.26 Å². The SMILES string of the molecule is Cl.NCC1(NC(=O)c2coc(Br)c2)CCCC1. The zero-order valence-corrected chi connectivity index (χ0v) is 11.8. The normalized spacial score (nSPS) is 17.5. The van der Waals surface area contributed by atoms with Gasteiger partial charge in [-0.1, -0.05) is 12.8 Å². The van der Waals surface area contributed by atoms with Crippen molar-refractivity contribution in [2.24, 2.45) is 5.73 Å². The number of nitrogens with one attached hydrogen (secondary N) is 1. The zero-order chi connectivity index (χ0) is 11.6. The Morgan fingerprint density at radius 2 is 2.18 bits per heavy atom. The highest BCUT2D eigenvalue weighted by Gasteiger charge is 2.34. The summed E-state index contributed by atoms with van der Waals surface area (Å²) in [7, 11) is 0. The highest BCUT2D eigenvalue weighted by molar-refractivity contribution is 9.10. The number of rotatable bonds is 3. The van der Waals surface area contributed by atoms with Crippen molar-refractivity contribution in [3.8, 4) is 0 Å². The first-order valence-corrected chi connectivity index (χ1v) is 6.21. The number of hydrogen-bond donors (Lipinski definition) is 2. The minimum atomic E-state index is -0.208. The molecule has 1 heterocycles. The van der Waals surface area contributed by atoms with Crippen molar-refractivity contribution in [1.29, 1.82) is 0 Å². The van der Waals surface area contributed by atoms with Gasteiger partial charge in [-0.15, -0.1) is 12.4 Å². The van der Waals surface area contributed by atoms with Gasteiger partial charge in [0.25, 0.3) is 5.91 Å². The van der Waals surface area contributed by atoms with E-state index in [1.807, 2.05) is 0 Å². The molecule has 96 valence electrons. The molecule has 1 aliphatic rings. The second kappa shape index (κ2) is 5.89. The van der Waals surface area contributed by atoms with Gasteiger partial charge in [-0.25, -0.2) is 0 Å². The summed E-state index contributed by atoms with van der Waals surface area (Å²) in [6.45, 7) is 0.498. The number of furan rings is 1. The third kappa shape index (κ3) is 3.24. The van der Waals surface area contributed by atoms with E-state index in [4.69, 9.17) is 10.2 Å². The Morgan fingerprint density at radius 3 is 2.65 bits per heavy atom. The van der Waals surface area contributed by atoms with Crippen molar-refractivity contribution < 1.29 is 9.21 Å². The van der Waals surface area contributed by atoms with Gasteiger partial charge in [0.15, 0.2) is 4.67 Å². The third-order valence-electron chi connectivity index (χ3n) is 3.16. The Hall–Kier alpha value is -0.520. The highest BCUT2D eigenvalue weighted by Crippen LogP contribution is 2.29. The third-order valence-corrected chi connectivity index (χ3v) is 3.58. The lowest BCUT2D eigenvalue weighted by atomic mass is 9.97.